The number of anilines is 1. The number of nitrogens with zero attached hydrogens (tertiary/aromatic N) is 1. The van der Waals surface area contributed by atoms with Crippen molar-refractivity contribution in [2.75, 3.05) is 25.0 Å². The molecule has 1 fully saturated rings. The van der Waals surface area contributed by atoms with E-state index in [9.17, 15) is 0 Å². The molecule has 2 heterocycles. The average Bonchev–Trinajstić information content (AvgIpc) is 2.70. The van der Waals surface area contributed by atoms with E-state index in [-0.39, 0.29) is 6.10 Å². The van der Waals surface area contributed by atoms with Crippen molar-refractivity contribution in [3.8, 4) is 5.75 Å². The molecule has 0 amide bonds. The van der Waals surface area contributed by atoms with Crippen molar-refractivity contribution < 1.29 is 4.74 Å². The molecule has 0 aliphatic carbocycles. The average molecular weight is 381 g/mol. The smallest absolute Gasteiger partial charge is 0.149 e. The number of piperidine rings is 1. The molecule has 4 rings (SSSR count). The maximum Gasteiger partial charge on any atom is 0.149 e. The Morgan fingerprint density at radius 3 is 2.56 bits per heavy atom. The van der Waals surface area contributed by atoms with Gasteiger partial charge in [-0.25, -0.2) is 0 Å². The topological polar surface area (TPSA) is 24.5 Å². The van der Waals surface area contributed by atoms with E-state index in [1.807, 2.05) is 24.3 Å². The standard InChI is InChI=1S/C23H28N2OS/c27-23-22(26-21-10-5-4-9-20(21)24-23)11-6-14-25-15-12-19(13-16-25)17-18-7-2-1-3-8-18/h1-5,7-10,19,22H,6,11-17H2,(H,24,27). The molecule has 142 valence electrons. The van der Waals surface area contributed by atoms with Crippen molar-refractivity contribution in [1.29, 1.82) is 0 Å². The third kappa shape index (κ3) is 4.88. The maximum absolute atomic E-state index is 6.09. The molecule has 4 heteroatoms. The fraction of sp³-hybridized carbons (Fsp3) is 0.435. The van der Waals surface area contributed by atoms with E-state index in [1.54, 1.807) is 0 Å². The van der Waals surface area contributed by atoms with Crippen LogP contribution in [-0.2, 0) is 6.42 Å². The van der Waals surface area contributed by atoms with Crippen molar-refractivity contribution in [3.63, 3.8) is 0 Å². The van der Waals surface area contributed by atoms with Gasteiger partial charge in [0.2, 0.25) is 0 Å². The normalized spacial score (nSPS) is 20.6. The number of benzene rings is 2. The number of para-hydroxylation sites is 2. The van der Waals surface area contributed by atoms with Crippen LogP contribution in [0.15, 0.2) is 54.6 Å². The van der Waals surface area contributed by atoms with E-state index >= 15 is 0 Å². The summed E-state index contributed by atoms with van der Waals surface area (Å²) in [6.07, 6.45) is 5.95. The highest BCUT2D eigenvalue weighted by atomic mass is 32.1. The van der Waals surface area contributed by atoms with Crippen LogP contribution in [0.4, 0.5) is 5.69 Å². The number of nitrogens with one attached hydrogen (secondary N) is 1. The molecule has 0 aromatic heterocycles. The van der Waals surface area contributed by atoms with Gasteiger partial charge < -0.3 is 15.0 Å². The molecule has 1 unspecified atom stereocenters. The van der Waals surface area contributed by atoms with Crippen molar-refractivity contribution in [3.05, 3.63) is 60.2 Å². The van der Waals surface area contributed by atoms with Gasteiger partial charge in [-0.2, -0.15) is 0 Å². The van der Waals surface area contributed by atoms with Crippen LogP contribution >= 0.6 is 12.2 Å². The van der Waals surface area contributed by atoms with E-state index < -0.39 is 0 Å². The predicted octanol–water partition coefficient (Wildman–Crippen LogP) is 4.92. The van der Waals surface area contributed by atoms with Gasteiger partial charge in [0.05, 0.1) is 5.69 Å². The molecule has 0 saturated carbocycles. The number of rotatable bonds is 6. The Labute approximate surface area is 167 Å². The summed E-state index contributed by atoms with van der Waals surface area (Å²) in [5, 5.41) is 3.32. The number of hydrogen-bond donors (Lipinski definition) is 1. The van der Waals surface area contributed by atoms with Gasteiger partial charge in [0.1, 0.15) is 16.8 Å². The Hall–Kier alpha value is -1.91. The van der Waals surface area contributed by atoms with E-state index in [2.05, 4.69) is 40.5 Å². The zero-order valence-electron chi connectivity index (χ0n) is 15.8. The first kappa shape index (κ1) is 18.5. The van der Waals surface area contributed by atoms with Gasteiger partial charge in [-0.3, -0.25) is 0 Å². The third-order valence-corrected chi connectivity index (χ3v) is 6.09. The summed E-state index contributed by atoms with van der Waals surface area (Å²) in [6, 6.07) is 18.9. The summed E-state index contributed by atoms with van der Waals surface area (Å²) < 4.78 is 6.09. The highest BCUT2D eigenvalue weighted by molar-refractivity contribution is 7.80. The van der Waals surface area contributed by atoms with E-state index in [0.717, 1.165) is 41.7 Å². The van der Waals surface area contributed by atoms with Crippen LogP contribution in [0, 0.1) is 5.92 Å². The highest BCUT2D eigenvalue weighted by Gasteiger charge is 2.24. The Morgan fingerprint density at radius 1 is 1.00 bits per heavy atom. The molecule has 2 aliphatic heterocycles. The van der Waals surface area contributed by atoms with Gasteiger partial charge in [0.25, 0.3) is 0 Å². The summed E-state index contributed by atoms with van der Waals surface area (Å²) in [7, 11) is 0. The fourth-order valence-corrected chi connectivity index (χ4v) is 4.42. The Kier molecular flexibility index (Phi) is 6.05. The summed E-state index contributed by atoms with van der Waals surface area (Å²) in [5.74, 6) is 1.75. The first-order valence-electron chi connectivity index (χ1n) is 10.1. The summed E-state index contributed by atoms with van der Waals surface area (Å²) in [6.45, 7) is 3.57. The van der Waals surface area contributed by atoms with Crippen LogP contribution in [0.5, 0.6) is 5.75 Å². The van der Waals surface area contributed by atoms with Gasteiger partial charge in [-0.15, -0.1) is 0 Å². The van der Waals surface area contributed by atoms with Crippen LogP contribution in [-0.4, -0.2) is 35.6 Å². The number of hydrogen-bond acceptors (Lipinski definition) is 3. The van der Waals surface area contributed by atoms with Crippen molar-refractivity contribution in [1.82, 2.24) is 4.90 Å². The van der Waals surface area contributed by atoms with Crippen LogP contribution in [0.1, 0.15) is 31.2 Å². The first-order valence-corrected chi connectivity index (χ1v) is 10.5. The molecule has 1 saturated heterocycles. The number of fused-ring (bicyclic) bond motifs is 1. The lowest BCUT2D eigenvalue weighted by Crippen LogP contribution is -2.38. The summed E-state index contributed by atoms with van der Waals surface area (Å²) >= 11 is 5.50. The van der Waals surface area contributed by atoms with Crippen LogP contribution < -0.4 is 10.1 Å². The lowest BCUT2D eigenvalue weighted by molar-refractivity contribution is 0.172. The van der Waals surface area contributed by atoms with Crippen molar-refractivity contribution in [2.45, 2.75) is 38.2 Å². The summed E-state index contributed by atoms with van der Waals surface area (Å²) in [4.78, 5) is 3.42. The first-order chi connectivity index (χ1) is 13.3. The molecule has 1 atom stereocenters. The third-order valence-electron chi connectivity index (χ3n) is 5.72. The van der Waals surface area contributed by atoms with E-state index in [1.165, 1.54) is 37.9 Å². The van der Waals surface area contributed by atoms with Gasteiger partial charge in [-0.05, 0) is 75.4 Å². The molecule has 0 radical (unpaired) electrons. The molecular weight excluding hydrogens is 352 g/mol. The lowest BCUT2D eigenvalue weighted by Gasteiger charge is -2.33. The zero-order chi connectivity index (χ0) is 18.5. The second-order valence-corrected chi connectivity index (χ2v) is 8.15. The number of likely N-dealkylation sites (tertiary alicyclic amines) is 1. The Morgan fingerprint density at radius 2 is 1.74 bits per heavy atom. The van der Waals surface area contributed by atoms with E-state index in [0.29, 0.717) is 0 Å². The largest absolute Gasteiger partial charge is 0.481 e. The van der Waals surface area contributed by atoms with Crippen LogP contribution in [0.25, 0.3) is 0 Å². The Bertz CT molecular complexity index is 756. The molecule has 1 N–H and O–H groups in total. The van der Waals surface area contributed by atoms with Gasteiger partial charge >= 0.3 is 0 Å². The molecule has 0 spiro atoms. The molecular formula is C23H28N2OS. The SMILES string of the molecule is S=C1Nc2ccccc2OC1CCCN1CCC(Cc2ccccc2)CC1. The monoisotopic (exact) mass is 380 g/mol. The number of ether oxygens (including phenoxy) is 1. The quantitative estimate of drug-likeness (QED) is 0.719. The predicted molar refractivity (Wildman–Crippen MR) is 116 cm³/mol. The number of thiocarbonyl (C=S) groups is 1. The molecule has 2 aromatic rings. The Balaban J connectivity index is 1.18. The maximum atomic E-state index is 6.09. The van der Waals surface area contributed by atoms with Gasteiger partial charge in [-0.1, -0.05) is 54.7 Å². The minimum atomic E-state index is 0.00511. The van der Waals surface area contributed by atoms with Gasteiger partial charge in [0, 0.05) is 0 Å². The molecule has 0 bridgehead atoms. The fourth-order valence-electron chi connectivity index (χ4n) is 4.14. The van der Waals surface area contributed by atoms with E-state index in [4.69, 9.17) is 17.0 Å². The molecule has 2 aromatic carbocycles. The summed E-state index contributed by atoms with van der Waals surface area (Å²) in [5.41, 5.74) is 2.46. The molecule has 27 heavy (non-hydrogen) atoms. The zero-order valence-corrected chi connectivity index (χ0v) is 16.6. The minimum absolute atomic E-state index is 0.00511. The van der Waals surface area contributed by atoms with Crippen molar-refractivity contribution in [2.24, 2.45) is 5.92 Å². The minimum Gasteiger partial charge on any atom is -0.481 e. The second-order valence-electron chi connectivity index (χ2n) is 7.71. The lowest BCUT2D eigenvalue weighted by atomic mass is 9.90. The van der Waals surface area contributed by atoms with Crippen LogP contribution in [0.2, 0.25) is 0 Å². The van der Waals surface area contributed by atoms with Crippen molar-refractivity contribution >= 4 is 22.9 Å². The molecule has 2 aliphatic rings. The molecule has 3 nitrogen and oxygen atoms in total. The second kappa shape index (κ2) is 8.85. The van der Waals surface area contributed by atoms with Gasteiger partial charge in [0.15, 0.2) is 0 Å². The van der Waals surface area contributed by atoms with Crippen LogP contribution in [0.3, 0.4) is 0 Å². The highest BCUT2D eigenvalue weighted by Crippen LogP contribution is 2.30.